The van der Waals surface area contributed by atoms with E-state index in [-0.39, 0.29) is 0 Å². The largest absolute Gasteiger partial charge is 0.328 e. The smallest absolute Gasteiger partial charge is 0.211 e. The number of hydrogen-bond acceptors (Lipinski definition) is 3. The van der Waals surface area contributed by atoms with Crippen molar-refractivity contribution in [1.82, 2.24) is 10.2 Å². The number of rotatable bonds is 4. The zero-order chi connectivity index (χ0) is 12.1. The van der Waals surface area contributed by atoms with Gasteiger partial charge in [-0.25, -0.2) is 0 Å². The highest BCUT2D eigenvalue weighted by molar-refractivity contribution is 5.73. The number of nitrogens with zero attached hydrogens (tertiary/aromatic N) is 1. The Hall–Kier alpha value is -1.39. The van der Waals surface area contributed by atoms with E-state index in [2.05, 4.69) is 27.7 Å². The predicted octanol–water partition coefficient (Wildman–Crippen LogP) is 0.969. The molecular weight excluding hydrogens is 214 g/mol. The number of carbonyl (C=O) groups is 1. The lowest BCUT2D eigenvalue weighted by Gasteiger charge is -2.27. The molecule has 1 aromatic carbocycles. The Morgan fingerprint density at radius 2 is 2.18 bits per heavy atom. The average Bonchev–Trinajstić information content (AvgIpc) is 2.34. The van der Waals surface area contributed by atoms with E-state index in [9.17, 15) is 4.79 Å². The van der Waals surface area contributed by atoms with Gasteiger partial charge in [-0.15, -0.1) is 0 Å². The summed E-state index contributed by atoms with van der Waals surface area (Å²) in [5.74, 6) is 0. The Bertz CT molecular complexity index is 386. The van der Waals surface area contributed by atoms with Gasteiger partial charge in [0.15, 0.2) is 0 Å². The van der Waals surface area contributed by atoms with Crippen molar-refractivity contribution in [3.63, 3.8) is 0 Å². The Morgan fingerprint density at radius 1 is 1.41 bits per heavy atom. The molecule has 4 heteroatoms. The lowest BCUT2D eigenvalue weighted by molar-refractivity contribution is -0.105. The second kappa shape index (κ2) is 5.80. The number of hydrogen-bond donors (Lipinski definition) is 2. The summed E-state index contributed by atoms with van der Waals surface area (Å²) in [5, 5.41) is 6.05. The van der Waals surface area contributed by atoms with E-state index in [1.807, 2.05) is 13.0 Å². The first-order valence-corrected chi connectivity index (χ1v) is 6.02. The standard InChI is InChI=1S/C13H19N3O/c1-11-8-12(2-3-13(11)15-10-17)9-16-6-4-14-5-7-16/h2-3,8,10,14H,4-7,9H2,1H3,(H,15,17). The molecule has 0 saturated carbocycles. The molecule has 0 radical (unpaired) electrons. The number of aryl methyl sites for hydroxylation is 1. The maximum absolute atomic E-state index is 10.4. The van der Waals surface area contributed by atoms with Gasteiger partial charge in [-0.05, 0) is 24.1 Å². The molecule has 4 nitrogen and oxygen atoms in total. The van der Waals surface area contributed by atoms with Gasteiger partial charge >= 0.3 is 0 Å². The average molecular weight is 233 g/mol. The minimum absolute atomic E-state index is 0.721. The van der Waals surface area contributed by atoms with Crippen LogP contribution in [-0.4, -0.2) is 37.5 Å². The monoisotopic (exact) mass is 233 g/mol. The Morgan fingerprint density at radius 3 is 2.82 bits per heavy atom. The molecule has 2 rings (SSSR count). The van der Waals surface area contributed by atoms with Crippen LogP contribution in [-0.2, 0) is 11.3 Å². The molecule has 0 atom stereocenters. The molecule has 0 bridgehead atoms. The van der Waals surface area contributed by atoms with E-state index in [1.165, 1.54) is 5.56 Å². The maximum Gasteiger partial charge on any atom is 0.211 e. The van der Waals surface area contributed by atoms with E-state index in [4.69, 9.17) is 0 Å². The first kappa shape index (κ1) is 12.1. The van der Waals surface area contributed by atoms with Crippen LogP contribution in [0.1, 0.15) is 11.1 Å². The molecule has 1 aliphatic heterocycles. The number of benzene rings is 1. The van der Waals surface area contributed by atoms with Crippen LogP contribution >= 0.6 is 0 Å². The first-order valence-electron chi connectivity index (χ1n) is 6.02. The van der Waals surface area contributed by atoms with Gasteiger partial charge in [0.2, 0.25) is 6.41 Å². The Labute approximate surface area is 102 Å². The summed E-state index contributed by atoms with van der Waals surface area (Å²) in [5.41, 5.74) is 3.31. The van der Waals surface area contributed by atoms with Gasteiger partial charge in [-0.1, -0.05) is 12.1 Å². The van der Waals surface area contributed by atoms with Crippen LogP contribution in [0.15, 0.2) is 18.2 Å². The highest BCUT2D eigenvalue weighted by Gasteiger charge is 2.10. The van der Waals surface area contributed by atoms with Gasteiger partial charge in [0.05, 0.1) is 0 Å². The molecule has 1 amide bonds. The van der Waals surface area contributed by atoms with Crippen molar-refractivity contribution < 1.29 is 4.79 Å². The summed E-state index contributed by atoms with van der Waals surface area (Å²) in [6.45, 7) is 7.37. The fourth-order valence-electron chi connectivity index (χ4n) is 2.18. The number of anilines is 1. The van der Waals surface area contributed by atoms with E-state index >= 15 is 0 Å². The van der Waals surface area contributed by atoms with Crippen LogP contribution in [0.25, 0.3) is 0 Å². The predicted molar refractivity (Wildman–Crippen MR) is 69.0 cm³/mol. The van der Waals surface area contributed by atoms with Gasteiger partial charge in [-0.3, -0.25) is 9.69 Å². The van der Waals surface area contributed by atoms with Gasteiger partial charge in [0, 0.05) is 38.4 Å². The lowest BCUT2D eigenvalue weighted by atomic mass is 10.1. The molecule has 92 valence electrons. The third kappa shape index (κ3) is 3.28. The van der Waals surface area contributed by atoms with Crippen molar-refractivity contribution in [3.05, 3.63) is 29.3 Å². The van der Waals surface area contributed by atoms with Crippen molar-refractivity contribution in [1.29, 1.82) is 0 Å². The summed E-state index contributed by atoms with van der Waals surface area (Å²) in [6.07, 6.45) is 0.721. The van der Waals surface area contributed by atoms with Crippen molar-refractivity contribution in [3.8, 4) is 0 Å². The van der Waals surface area contributed by atoms with Gasteiger partial charge in [-0.2, -0.15) is 0 Å². The molecule has 2 N–H and O–H groups in total. The fourth-order valence-corrected chi connectivity index (χ4v) is 2.18. The fraction of sp³-hybridized carbons (Fsp3) is 0.462. The molecule has 1 saturated heterocycles. The lowest BCUT2D eigenvalue weighted by Crippen LogP contribution is -2.42. The van der Waals surface area contributed by atoms with Crippen molar-refractivity contribution in [2.45, 2.75) is 13.5 Å². The topological polar surface area (TPSA) is 44.4 Å². The van der Waals surface area contributed by atoms with Gasteiger partial charge in [0.1, 0.15) is 0 Å². The minimum atomic E-state index is 0.721. The van der Waals surface area contributed by atoms with E-state index < -0.39 is 0 Å². The van der Waals surface area contributed by atoms with Crippen LogP contribution in [0.3, 0.4) is 0 Å². The van der Waals surface area contributed by atoms with Crippen molar-refractivity contribution >= 4 is 12.1 Å². The van der Waals surface area contributed by atoms with E-state index in [0.29, 0.717) is 0 Å². The van der Waals surface area contributed by atoms with Gasteiger partial charge < -0.3 is 10.6 Å². The van der Waals surface area contributed by atoms with Crippen LogP contribution in [0.5, 0.6) is 0 Å². The summed E-state index contributed by atoms with van der Waals surface area (Å²) in [4.78, 5) is 12.8. The Kier molecular flexibility index (Phi) is 4.12. The van der Waals surface area contributed by atoms with Crippen molar-refractivity contribution in [2.24, 2.45) is 0 Å². The maximum atomic E-state index is 10.4. The first-order chi connectivity index (χ1) is 8.29. The summed E-state index contributed by atoms with van der Waals surface area (Å²) in [7, 11) is 0. The SMILES string of the molecule is Cc1cc(CN2CCNCC2)ccc1NC=O. The second-order valence-electron chi connectivity index (χ2n) is 4.44. The zero-order valence-electron chi connectivity index (χ0n) is 10.2. The quantitative estimate of drug-likeness (QED) is 0.762. The summed E-state index contributed by atoms with van der Waals surface area (Å²) >= 11 is 0. The highest BCUT2D eigenvalue weighted by atomic mass is 16.1. The molecule has 0 spiro atoms. The van der Waals surface area contributed by atoms with Crippen LogP contribution < -0.4 is 10.6 Å². The van der Waals surface area contributed by atoms with Crippen LogP contribution in [0.4, 0.5) is 5.69 Å². The van der Waals surface area contributed by atoms with Gasteiger partial charge in [0.25, 0.3) is 0 Å². The number of piperazine rings is 1. The molecule has 0 aliphatic carbocycles. The minimum Gasteiger partial charge on any atom is -0.328 e. The number of nitrogens with one attached hydrogen (secondary N) is 2. The zero-order valence-corrected chi connectivity index (χ0v) is 10.2. The van der Waals surface area contributed by atoms with Crippen molar-refractivity contribution in [2.75, 3.05) is 31.5 Å². The van der Waals surface area contributed by atoms with Crippen LogP contribution in [0, 0.1) is 6.92 Å². The highest BCUT2D eigenvalue weighted by Crippen LogP contribution is 2.17. The molecular formula is C13H19N3O. The third-order valence-corrected chi connectivity index (χ3v) is 3.12. The Balaban J connectivity index is 2.01. The normalized spacial score (nSPS) is 16.8. The molecule has 1 aromatic rings. The third-order valence-electron chi connectivity index (χ3n) is 3.12. The molecule has 1 heterocycles. The molecule has 17 heavy (non-hydrogen) atoms. The second-order valence-corrected chi connectivity index (χ2v) is 4.44. The molecule has 1 fully saturated rings. The molecule has 0 aromatic heterocycles. The van der Waals surface area contributed by atoms with Crippen LogP contribution in [0.2, 0.25) is 0 Å². The summed E-state index contributed by atoms with van der Waals surface area (Å²) in [6, 6.07) is 6.20. The number of carbonyl (C=O) groups excluding carboxylic acids is 1. The number of amides is 1. The van der Waals surface area contributed by atoms with E-state index in [0.717, 1.165) is 50.4 Å². The molecule has 1 aliphatic rings. The van der Waals surface area contributed by atoms with E-state index in [1.54, 1.807) is 0 Å². The molecule has 0 unspecified atom stereocenters. The summed E-state index contributed by atoms with van der Waals surface area (Å²) < 4.78 is 0.